The third-order valence-electron chi connectivity index (χ3n) is 1.98. The molecule has 1 aromatic rings. The minimum absolute atomic E-state index is 0.119. The number of carbonyl (C=O) groups is 1. The van der Waals surface area contributed by atoms with E-state index in [2.05, 4.69) is 28.6 Å². The average Bonchev–Trinajstić information content (AvgIpc) is 2.28. The molecule has 5 nitrogen and oxygen atoms in total. The monoisotopic (exact) mass is 224 g/mol. The van der Waals surface area contributed by atoms with Gasteiger partial charge in [0.05, 0.1) is 13.7 Å². The smallest absolute Gasteiger partial charge is 0.362 e. The van der Waals surface area contributed by atoms with Crippen LogP contribution in [-0.2, 0) is 4.74 Å². The highest BCUT2D eigenvalue weighted by Gasteiger charge is 2.15. The summed E-state index contributed by atoms with van der Waals surface area (Å²) in [6.07, 6.45) is 3.82. The first-order chi connectivity index (χ1) is 7.65. The maximum atomic E-state index is 11.3. The number of rotatable bonds is 5. The maximum absolute atomic E-state index is 11.3. The van der Waals surface area contributed by atoms with E-state index < -0.39 is 5.97 Å². The second-order valence-corrected chi connectivity index (χ2v) is 3.73. The molecule has 0 bridgehead atoms. The van der Waals surface area contributed by atoms with Gasteiger partial charge in [0.1, 0.15) is 0 Å². The molecular formula is C11H16N2O3. The lowest BCUT2D eigenvalue weighted by Gasteiger charge is -2.08. The Bertz CT molecular complexity index is 353. The van der Waals surface area contributed by atoms with Crippen molar-refractivity contribution in [1.29, 1.82) is 0 Å². The van der Waals surface area contributed by atoms with Crippen molar-refractivity contribution in [2.75, 3.05) is 13.7 Å². The third-order valence-corrected chi connectivity index (χ3v) is 1.98. The molecule has 16 heavy (non-hydrogen) atoms. The topological polar surface area (TPSA) is 61.3 Å². The van der Waals surface area contributed by atoms with Crippen molar-refractivity contribution in [1.82, 2.24) is 9.97 Å². The molecule has 0 unspecified atom stereocenters. The van der Waals surface area contributed by atoms with Crippen LogP contribution in [0, 0.1) is 5.92 Å². The second kappa shape index (κ2) is 6.05. The van der Waals surface area contributed by atoms with Gasteiger partial charge in [0.2, 0.25) is 11.6 Å². The van der Waals surface area contributed by atoms with Crippen LogP contribution in [0.4, 0.5) is 0 Å². The van der Waals surface area contributed by atoms with E-state index in [4.69, 9.17) is 4.74 Å². The van der Waals surface area contributed by atoms with Crippen LogP contribution in [0.5, 0.6) is 5.88 Å². The largest absolute Gasteiger partial charge is 0.476 e. The Labute approximate surface area is 94.8 Å². The van der Waals surface area contributed by atoms with Crippen LogP contribution in [0.2, 0.25) is 0 Å². The fourth-order valence-corrected chi connectivity index (χ4v) is 1.06. The lowest BCUT2D eigenvalue weighted by Crippen LogP contribution is -2.11. The van der Waals surface area contributed by atoms with Gasteiger partial charge in [-0.1, -0.05) is 13.8 Å². The summed E-state index contributed by atoms with van der Waals surface area (Å²) in [5, 5.41) is 0. The van der Waals surface area contributed by atoms with Gasteiger partial charge in [-0.25, -0.2) is 14.8 Å². The van der Waals surface area contributed by atoms with Crippen molar-refractivity contribution in [2.24, 2.45) is 5.92 Å². The van der Waals surface area contributed by atoms with E-state index in [1.165, 1.54) is 19.5 Å². The lowest BCUT2D eigenvalue weighted by atomic mass is 10.1. The second-order valence-electron chi connectivity index (χ2n) is 3.73. The number of hydrogen-bond acceptors (Lipinski definition) is 5. The molecular weight excluding hydrogens is 208 g/mol. The number of hydrogen-bond donors (Lipinski definition) is 0. The highest BCUT2D eigenvalue weighted by molar-refractivity contribution is 5.89. The fraction of sp³-hybridized carbons (Fsp3) is 0.545. The van der Waals surface area contributed by atoms with E-state index in [9.17, 15) is 4.79 Å². The van der Waals surface area contributed by atoms with Crippen molar-refractivity contribution in [2.45, 2.75) is 20.3 Å². The first-order valence-electron chi connectivity index (χ1n) is 5.17. The van der Waals surface area contributed by atoms with Gasteiger partial charge < -0.3 is 9.47 Å². The quantitative estimate of drug-likeness (QED) is 0.712. The predicted molar refractivity (Wildman–Crippen MR) is 58.3 cm³/mol. The van der Waals surface area contributed by atoms with Gasteiger partial charge >= 0.3 is 5.97 Å². The number of carbonyl (C=O) groups excluding carboxylic acids is 1. The Morgan fingerprint density at radius 3 is 2.69 bits per heavy atom. The molecule has 0 fully saturated rings. The van der Waals surface area contributed by atoms with Crippen LogP contribution in [0.25, 0.3) is 0 Å². The molecule has 0 aliphatic rings. The molecule has 0 aliphatic heterocycles. The molecule has 0 spiro atoms. The summed E-state index contributed by atoms with van der Waals surface area (Å²) in [4.78, 5) is 19.2. The van der Waals surface area contributed by atoms with E-state index in [0.717, 1.165) is 6.42 Å². The highest BCUT2D eigenvalue weighted by atomic mass is 16.5. The summed E-state index contributed by atoms with van der Waals surface area (Å²) in [5.74, 6) is 0.237. The van der Waals surface area contributed by atoms with Gasteiger partial charge in [0.25, 0.3) is 0 Å². The fourth-order valence-electron chi connectivity index (χ4n) is 1.06. The van der Waals surface area contributed by atoms with Crippen LogP contribution in [0.3, 0.4) is 0 Å². The summed E-state index contributed by atoms with van der Waals surface area (Å²) in [7, 11) is 1.30. The Hall–Kier alpha value is -1.65. The van der Waals surface area contributed by atoms with Crippen molar-refractivity contribution in [3.63, 3.8) is 0 Å². The molecule has 88 valence electrons. The molecule has 0 aromatic carbocycles. The number of nitrogens with zero attached hydrogens (tertiary/aromatic N) is 2. The summed E-state index contributed by atoms with van der Waals surface area (Å²) in [5.41, 5.74) is 0.119. The lowest BCUT2D eigenvalue weighted by molar-refractivity contribution is 0.0587. The van der Waals surface area contributed by atoms with Crippen molar-refractivity contribution in [3.05, 3.63) is 18.1 Å². The summed E-state index contributed by atoms with van der Waals surface area (Å²) >= 11 is 0. The van der Waals surface area contributed by atoms with Crippen molar-refractivity contribution in [3.8, 4) is 5.88 Å². The first-order valence-corrected chi connectivity index (χ1v) is 5.17. The molecule has 1 heterocycles. The average molecular weight is 224 g/mol. The predicted octanol–water partition coefficient (Wildman–Crippen LogP) is 1.69. The number of aromatic nitrogens is 2. The molecule has 0 amide bonds. The molecule has 5 heteroatoms. The van der Waals surface area contributed by atoms with Gasteiger partial charge in [0, 0.05) is 12.4 Å². The Kier molecular flexibility index (Phi) is 4.69. The number of methoxy groups -OCH3 is 1. The van der Waals surface area contributed by atoms with Gasteiger partial charge in [-0.05, 0) is 12.3 Å². The summed E-state index contributed by atoms with van der Waals surface area (Å²) in [6.45, 7) is 4.71. The van der Waals surface area contributed by atoms with Gasteiger partial charge in [-0.2, -0.15) is 0 Å². The normalized spacial score (nSPS) is 10.2. The van der Waals surface area contributed by atoms with Gasteiger partial charge in [-0.3, -0.25) is 0 Å². The molecule has 0 saturated heterocycles. The number of esters is 1. The molecule has 0 aliphatic carbocycles. The van der Waals surface area contributed by atoms with Gasteiger partial charge in [-0.15, -0.1) is 0 Å². The minimum Gasteiger partial charge on any atom is -0.476 e. The molecule has 1 rings (SSSR count). The molecule has 0 radical (unpaired) electrons. The SMILES string of the molecule is COC(=O)c1nccnc1OCCC(C)C. The van der Waals surface area contributed by atoms with E-state index in [1.807, 2.05) is 0 Å². The number of ether oxygens (including phenoxy) is 2. The zero-order valence-corrected chi connectivity index (χ0v) is 9.77. The Balaban J connectivity index is 2.67. The third kappa shape index (κ3) is 3.49. The van der Waals surface area contributed by atoms with Crippen LogP contribution in [0.1, 0.15) is 30.8 Å². The van der Waals surface area contributed by atoms with Gasteiger partial charge in [0.15, 0.2) is 0 Å². The van der Waals surface area contributed by atoms with Crippen molar-refractivity contribution >= 4 is 5.97 Å². The van der Waals surface area contributed by atoms with E-state index in [1.54, 1.807) is 0 Å². The molecule has 1 aromatic heterocycles. The highest BCUT2D eigenvalue weighted by Crippen LogP contribution is 2.13. The maximum Gasteiger partial charge on any atom is 0.362 e. The zero-order chi connectivity index (χ0) is 12.0. The summed E-state index contributed by atoms with van der Waals surface area (Å²) in [6, 6.07) is 0. The van der Waals surface area contributed by atoms with E-state index >= 15 is 0 Å². The molecule has 0 atom stereocenters. The standard InChI is InChI=1S/C11H16N2O3/c1-8(2)4-7-16-10-9(11(14)15-3)12-5-6-13-10/h5-6,8H,4,7H2,1-3H3. The van der Waals surface area contributed by atoms with Crippen LogP contribution in [-0.4, -0.2) is 29.7 Å². The molecule has 0 N–H and O–H groups in total. The first kappa shape index (κ1) is 12.4. The Morgan fingerprint density at radius 1 is 1.38 bits per heavy atom. The van der Waals surface area contributed by atoms with Crippen LogP contribution >= 0.6 is 0 Å². The molecule has 0 saturated carbocycles. The van der Waals surface area contributed by atoms with Crippen LogP contribution in [0.15, 0.2) is 12.4 Å². The zero-order valence-electron chi connectivity index (χ0n) is 9.77. The van der Waals surface area contributed by atoms with E-state index in [-0.39, 0.29) is 11.6 Å². The summed E-state index contributed by atoms with van der Waals surface area (Å²) < 4.78 is 9.98. The Morgan fingerprint density at radius 2 is 2.06 bits per heavy atom. The van der Waals surface area contributed by atoms with Crippen LogP contribution < -0.4 is 4.74 Å². The van der Waals surface area contributed by atoms with E-state index in [0.29, 0.717) is 12.5 Å². The van der Waals surface area contributed by atoms with Crippen molar-refractivity contribution < 1.29 is 14.3 Å². The minimum atomic E-state index is -0.535.